The molecule has 1 saturated heterocycles. The molecular weight excluding hydrogens is 460 g/mol. The van der Waals surface area contributed by atoms with Gasteiger partial charge in [-0.3, -0.25) is 4.79 Å². The van der Waals surface area contributed by atoms with Crippen molar-refractivity contribution < 1.29 is 13.2 Å². The summed E-state index contributed by atoms with van der Waals surface area (Å²) in [6, 6.07) is 17.6. The summed E-state index contributed by atoms with van der Waals surface area (Å²) < 4.78 is 26.6. The van der Waals surface area contributed by atoms with Crippen LogP contribution in [0.25, 0.3) is 0 Å². The van der Waals surface area contributed by atoms with Gasteiger partial charge in [0.1, 0.15) is 5.69 Å². The van der Waals surface area contributed by atoms with E-state index < -0.39 is 10.0 Å². The number of sulfonamides is 1. The number of nitrogens with zero attached hydrogens (tertiary/aromatic N) is 3. The first-order valence-corrected chi connectivity index (χ1v) is 12.9. The molecule has 7 nitrogen and oxygen atoms in total. The van der Waals surface area contributed by atoms with Crippen LogP contribution in [0.4, 0.5) is 11.4 Å². The summed E-state index contributed by atoms with van der Waals surface area (Å²) >= 11 is 0. The molecule has 1 N–H and O–H groups in total. The molecule has 180 valence electrons. The lowest BCUT2D eigenvalue weighted by molar-refractivity contribution is 0.102. The van der Waals surface area contributed by atoms with Gasteiger partial charge in [0.2, 0.25) is 10.0 Å². The van der Waals surface area contributed by atoms with E-state index in [-0.39, 0.29) is 10.8 Å². The lowest BCUT2D eigenvalue weighted by Gasteiger charge is -2.30. The molecule has 0 saturated carbocycles. The number of aromatic nitrogens is 1. The van der Waals surface area contributed by atoms with E-state index in [9.17, 15) is 13.2 Å². The van der Waals surface area contributed by atoms with Gasteiger partial charge >= 0.3 is 0 Å². The topological polar surface area (TPSA) is 82.6 Å². The Balaban J connectivity index is 1.64. The Hall–Kier alpha value is -3.67. The maximum atomic E-state index is 13.4. The van der Waals surface area contributed by atoms with E-state index in [1.807, 2.05) is 30.3 Å². The molecule has 0 unspecified atom stereocenters. The van der Waals surface area contributed by atoms with Crippen LogP contribution in [-0.4, -0.2) is 50.8 Å². The summed E-state index contributed by atoms with van der Waals surface area (Å²) in [6.45, 7) is 1.66. The van der Waals surface area contributed by atoms with Crippen LogP contribution in [0.5, 0.6) is 0 Å². The molecule has 4 rings (SSSR count). The molecule has 0 spiro atoms. The number of amides is 1. The average molecular weight is 489 g/mol. The number of benzene rings is 2. The predicted molar refractivity (Wildman–Crippen MR) is 138 cm³/mol. The third-order valence-corrected chi connectivity index (χ3v) is 7.62. The molecule has 0 aliphatic carbocycles. The number of hydrogen-bond acceptors (Lipinski definition) is 5. The van der Waals surface area contributed by atoms with Crippen molar-refractivity contribution >= 4 is 27.3 Å². The highest BCUT2D eigenvalue weighted by Crippen LogP contribution is 2.28. The van der Waals surface area contributed by atoms with Crippen molar-refractivity contribution in [1.82, 2.24) is 9.29 Å². The SMILES string of the molecule is CN(C)S(=O)(=O)c1ccc(N2CCCCC2)c(C(=O)Nc2cccc(C#Cc3ccccn3)c2)c1. The Bertz CT molecular complexity index is 1370. The number of piperidine rings is 1. The maximum Gasteiger partial charge on any atom is 0.257 e. The van der Waals surface area contributed by atoms with Gasteiger partial charge in [-0.1, -0.05) is 18.1 Å². The van der Waals surface area contributed by atoms with Gasteiger partial charge in [-0.05, 0) is 73.7 Å². The smallest absolute Gasteiger partial charge is 0.257 e. The first-order chi connectivity index (χ1) is 16.8. The van der Waals surface area contributed by atoms with Crippen molar-refractivity contribution in [2.24, 2.45) is 0 Å². The van der Waals surface area contributed by atoms with Gasteiger partial charge in [0, 0.05) is 50.3 Å². The van der Waals surface area contributed by atoms with Crippen molar-refractivity contribution in [2.45, 2.75) is 24.2 Å². The normalized spacial score (nSPS) is 13.7. The lowest BCUT2D eigenvalue weighted by Crippen LogP contribution is -2.32. The quantitative estimate of drug-likeness (QED) is 0.550. The van der Waals surface area contributed by atoms with Crippen LogP contribution in [0.3, 0.4) is 0 Å². The fourth-order valence-corrected chi connectivity index (χ4v) is 4.85. The Kier molecular flexibility index (Phi) is 7.49. The van der Waals surface area contributed by atoms with Crippen LogP contribution in [0.15, 0.2) is 71.8 Å². The molecule has 0 bridgehead atoms. The third kappa shape index (κ3) is 5.88. The Morgan fingerprint density at radius 3 is 2.49 bits per heavy atom. The van der Waals surface area contributed by atoms with Gasteiger partial charge in [0.25, 0.3) is 5.91 Å². The highest BCUT2D eigenvalue weighted by molar-refractivity contribution is 7.89. The Morgan fingerprint density at radius 2 is 1.77 bits per heavy atom. The zero-order valence-electron chi connectivity index (χ0n) is 19.9. The fraction of sp³-hybridized carbons (Fsp3) is 0.259. The summed E-state index contributed by atoms with van der Waals surface area (Å²) in [5, 5.41) is 2.93. The van der Waals surface area contributed by atoms with Gasteiger partial charge < -0.3 is 10.2 Å². The van der Waals surface area contributed by atoms with E-state index in [2.05, 4.69) is 27.0 Å². The monoisotopic (exact) mass is 488 g/mol. The molecular formula is C27H28N4O3S. The number of nitrogens with one attached hydrogen (secondary N) is 1. The van der Waals surface area contributed by atoms with Gasteiger partial charge in [0.15, 0.2) is 0 Å². The number of rotatable bonds is 5. The standard InChI is InChI=1S/C27H28N4O3S/c1-30(2)35(33,34)24-14-15-26(31-17-6-3-7-18-31)25(20-24)27(32)29-23-11-8-9-21(19-23)12-13-22-10-4-5-16-28-22/h4-5,8-11,14-16,19-20H,3,6-7,17-18H2,1-2H3,(H,29,32). The highest BCUT2D eigenvalue weighted by atomic mass is 32.2. The van der Waals surface area contributed by atoms with E-state index in [0.717, 1.165) is 47.9 Å². The molecule has 8 heteroatoms. The molecule has 2 aromatic carbocycles. The van der Waals surface area contributed by atoms with Crippen LogP contribution >= 0.6 is 0 Å². The molecule has 1 amide bonds. The van der Waals surface area contributed by atoms with E-state index >= 15 is 0 Å². The van der Waals surface area contributed by atoms with Crippen molar-refractivity contribution in [3.8, 4) is 11.8 Å². The zero-order valence-corrected chi connectivity index (χ0v) is 20.7. The molecule has 1 aromatic heterocycles. The number of pyridine rings is 1. The first kappa shape index (κ1) is 24.5. The Morgan fingerprint density at radius 1 is 0.971 bits per heavy atom. The molecule has 1 aliphatic heterocycles. The second kappa shape index (κ2) is 10.7. The Labute approximate surface area is 206 Å². The maximum absolute atomic E-state index is 13.4. The number of carbonyl (C=O) groups excluding carboxylic acids is 1. The second-order valence-electron chi connectivity index (χ2n) is 8.51. The fourth-order valence-electron chi connectivity index (χ4n) is 3.92. The molecule has 1 aliphatic rings. The number of hydrogen-bond donors (Lipinski definition) is 1. The first-order valence-electron chi connectivity index (χ1n) is 11.5. The van der Waals surface area contributed by atoms with Crippen molar-refractivity contribution in [2.75, 3.05) is 37.4 Å². The van der Waals surface area contributed by atoms with E-state index in [1.165, 1.54) is 20.2 Å². The average Bonchev–Trinajstić information content (AvgIpc) is 2.88. The van der Waals surface area contributed by atoms with E-state index in [4.69, 9.17) is 0 Å². The summed E-state index contributed by atoms with van der Waals surface area (Å²) in [5.41, 5.74) is 3.04. The van der Waals surface area contributed by atoms with Crippen molar-refractivity contribution in [3.05, 3.63) is 83.7 Å². The van der Waals surface area contributed by atoms with Gasteiger partial charge in [-0.15, -0.1) is 0 Å². The van der Waals surface area contributed by atoms with E-state index in [0.29, 0.717) is 16.9 Å². The van der Waals surface area contributed by atoms with Crippen LogP contribution in [0.1, 0.15) is 40.9 Å². The minimum Gasteiger partial charge on any atom is -0.371 e. The summed E-state index contributed by atoms with van der Waals surface area (Å²) in [4.78, 5) is 19.9. The van der Waals surface area contributed by atoms with Gasteiger partial charge in [-0.2, -0.15) is 0 Å². The van der Waals surface area contributed by atoms with Crippen LogP contribution in [0.2, 0.25) is 0 Å². The predicted octanol–water partition coefficient (Wildman–Crippen LogP) is 3.97. The largest absolute Gasteiger partial charge is 0.371 e. The third-order valence-electron chi connectivity index (χ3n) is 5.81. The van der Waals surface area contributed by atoms with Crippen LogP contribution in [0, 0.1) is 11.8 Å². The molecule has 3 aromatic rings. The minimum atomic E-state index is -3.68. The van der Waals surface area contributed by atoms with E-state index in [1.54, 1.807) is 30.5 Å². The molecule has 2 heterocycles. The molecule has 0 radical (unpaired) electrons. The summed E-state index contributed by atoms with van der Waals surface area (Å²) in [6.07, 6.45) is 4.91. The van der Waals surface area contributed by atoms with Crippen molar-refractivity contribution in [3.63, 3.8) is 0 Å². The molecule has 1 fully saturated rings. The second-order valence-corrected chi connectivity index (χ2v) is 10.7. The zero-order chi connectivity index (χ0) is 24.8. The minimum absolute atomic E-state index is 0.0865. The lowest BCUT2D eigenvalue weighted by atomic mass is 10.1. The highest BCUT2D eigenvalue weighted by Gasteiger charge is 2.24. The number of carbonyl (C=O) groups is 1. The van der Waals surface area contributed by atoms with Gasteiger partial charge in [0.05, 0.1) is 10.5 Å². The van der Waals surface area contributed by atoms with Crippen molar-refractivity contribution in [1.29, 1.82) is 0 Å². The van der Waals surface area contributed by atoms with Gasteiger partial charge in [-0.25, -0.2) is 17.7 Å². The van der Waals surface area contributed by atoms with Crippen LogP contribution in [-0.2, 0) is 10.0 Å². The molecule has 0 atom stereocenters. The van der Waals surface area contributed by atoms with Crippen LogP contribution < -0.4 is 10.2 Å². The summed E-state index contributed by atoms with van der Waals surface area (Å²) in [7, 11) is -0.728. The number of anilines is 2. The summed E-state index contributed by atoms with van der Waals surface area (Å²) in [5.74, 6) is 5.71. The molecule has 35 heavy (non-hydrogen) atoms.